The Labute approximate surface area is 185 Å². The molecule has 1 saturated heterocycles. The number of methoxy groups -OCH3 is 2. The number of nitrogens with one attached hydrogen (secondary N) is 1. The molecule has 0 aromatic heterocycles. The fourth-order valence-electron chi connectivity index (χ4n) is 3.28. The quantitative estimate of drug-likeness (QED) is 0.656. The van der Waals surface area contributed by atoms with E-state index in [2.05, 4.69) is 5.32 Å². The summed E-state index contributed by atoms with van der Waals surface area (Å²) in [4.78, 5) is 28.5. The van der Waals surface area contributed by atoms with Gasteiger partial charge in [-0.1, -0.05) is 23.7 Å². The maximum absolute atomic E-state index is 12.7. The number of nitrogens with zero attached hydrogens (tertiary/aromatic N) is 2. The maximum Gasteiger partial charge on any atom is 0.251 e. The first-order valence-electron chi connectivity index (χ1n) is 9.18. The zero-order valence-corrected chi connectivity index (χ0v) is 18.4. The predicted molar refractivity (Wildman–Crippen MR) is 119 cm³/mol. The molecule has 0 bridgehead atoms. The number of hydrogen-bond donors (Lipinski definition) is 1. The van der Waals surface area contributed by atoms with Crippen molar-refractivity contribution >= 4 is 46.4 Å². The van der Waals surface area contributed by atoms with Gasteiger partial charge in [0.2, 0.25) is 5.91 Å². The van der Waals surface area contributed by atoms with Crippen LogP contribution in [0.15, 0.2) is 42.5 Å². The highest BCUT2D eigenvalue weighted by Crippen LogP contribution is 2.30. The molecule has 30 heavy (non-hydrogen) atoms. The number of rotatable bonds is 7. The second-order valence-corrected chi connectivity index (χ2v) is 7.58. The lowest BCUT2D eigenvalue weighted by Gasteiger charge is -2.24. The Morgan fingerprint density at radius 2 is 1.90 bits per heavy atom. The molecular weight excluding hydrogens is 426 g/mol. The van der Waals surface area contributed by atoms with Crippen LogP contribution < -0.4 is 14.8 Å². The van der Waals surface area contributed by atoms with E-state index in [0.717, 1.165) is 5.56 Å². The number of halogens is 1. The van der Waals surface area contributed by atoms with Crippen LogP contribution in [0, 0.1) is 0 Å². The van der Waals surface area contributed by atoms with Crippen LogP contribution in [0.3, 0.4) is 0 Å². The second-order valence-electron chi connectivity index (χ2n) is 6.78. The lowest BCUT2D eigenvalue weighted by atomic mass is 10.1. The first kappa shape index (κ1) is 21.9. The zero-order valence-electron chi connectivity index (χ0n) is 16.8. The SMILES string of the molecule is COc1ccc(CN2C(=S)N(C)C(=O)[C@H]2CC(=O)Nc2cccc(Cl)c2)cc1OC. The molecule has 1 atom stereocenters. The molecule has 2 aromatic rings. The Hall–Kier alpha value is -2.84. The molecule has 7 nitrogen and oxygen atoms in total. The van der Waals surface area contributed by atoms with Crippen LogP contribution in [-0.2, 0) is 16.1 Å². The molecule has 1 aliphatic heterocycles. The Bertz CT molecular complexity index is 984. The van der Waals surface area contributed by atoms with E-state index >= 15 is 0 Å². The lowest BCUT2D eigenvalue weighted by molar-refractivity contribution is -0.130. The molecule has 0 aliphatic carbocycles. The predicted octanol–water partition coefficient (Wildman–Crippen LogP) is 3.31. The summed E-state index contributed by atoms with van der Waals surface area (Å²) in [6, 6.07) is 11.6. The summed E-state index contributed by atoms with van der Waals surface area (Å²) in [6.45, 7) is 0.352. The maximum atomic E-state index is 12.7. The zero-order chi connectivity index (χ0) is 21.8. The molecule has 1 aliphatic rings. The molecule has 1 heterocycles. The average molecular weight is 448 g/mol. The topological polar surface area (TPSA) is 71.1 Å². The van der Waals surface area contributed by atoms with Crippen molar-refractivity contribution in [1.29, 1.82) is 0 Å². The number of likely N-dealkylation sites (N-methyl/N-ethyl adjacent to an activating group) is 1. The van der Waals surface area contributed by atoms with E-state index in [-0.39, 0.29) is 18.2 Å². The van der Waals surface area contributed by atoms with Crippen LogP contribution in [0.4, 0.5) is 5.69 Å². The molecule has 3 rings (SSSR count). The van der Waals surface area contributed by atoms with Crippen LogP contribution in [-0.4, -0.2) is 54.0 Å². The molecule has 1 fully saturated rings. The highest BCUT2D eigenvalue weighted by Gasteiger charge is 2.41. The van der Waals surface area contributed by atoms with E-state index in [1.54, 1.807) is 56.5 Å². The van der Waals surface area contributed by atoms with Gasteiger partial charge in [-0.25, -0.2) is 0 Å². The van der Waals surface area contributed by atoms with Crippen LogP contribution in [0.2, 0.25) is 5.02 Å². The van der Waals surface area contributed by atoms with Crippen LogP contribution in [0.1, 0.15) is 12.0 Å². The first-order valence-corrected chi connectivity index (χ1v) is 9.97. The highest BCUT2D eigenvalue weighted by atomic mass is 35.5. The molecule has 0 unspecified atom stereocenters. The van der Waals surface area contributed by atoms with Gasteiger partial charge in [-0.3, -0.25) is 14.5 Å². The van der Waals surface area contributed by atoms with E-state index in [1.165, 1.54) is 4.90 Å². The molecule has 0 spiro atoms. The van der Waals surface area contributed by atoms with E-state index in [0.29, 0.717) is 33.9 Å². The summed E-state index contributed by atoms with van der Waals surface area (Å²) in [7, 11) is 4.73. The molecule has 1 N–H and O–H groups in total. The fourth-order valence-corrected chi connectivity index (χ4v) is 3.75. The van der Waals surface area contributed by atoms with Crippen LogP contribution in [0.25, 0.3) is 0 Å². The van der Waals surface area contributed by atoms with Crippen molar-refractivity contribution in [3.05, 3.63) is 53.1 Å². The van der Waals surface area contributed by atoms with Gasteiger partial charge in [0.1, 0.15) is 6.04 Å². The number of ether oxygens (including phenoxy) is 2. The third-order valence-electron chi connectivity index (χ3n) is 4.81. The van der Waals surface area contributed by atoms with Crippen molar-refractivity contribution in [2.75, 3.05) is 26.6 Å². The van der Waals surface area contributed by atoms with Gasteiger partial charge in [-0.05, 0) is 48.1 Å². The van der Waals surface area contributed by atoms with Crippen LogP contribution >= 0.6 is 23.8 Å². The third-order valence-corrected chi connectivity index (χ3v) is 5.56. The standard InChI is InChI=1S/C21H22ClN3O4S/c1-24-20(27)16(11-19(26)23-15-6-4-5-14(22)10-15)25(21(24)30)12-13-7-8-17(28-2)18(9-13)29-3/h4-10,16H,11-12H2,1-3H3,(H,23,26)/t16-/m1/s1. The molecule has 0 saturated carbocycles. The Kier molecular flexibility index (Phi) is 6.79. The van der Waals surface area contributed by atoms with Gasteiger partial charge in [-0.15, -0.1) is 0 Å². The van der Waals surface area contributed by atoms with E-state index in [9.17, 15) is 9.59 Å². The van der Waals surface area contributed by atoms with Crippen molar-refractivity contribution in [3.63, 3.8) is 0 Å². The summed E-state index contributed by atoms with van der Waals surface area (Å²) in [5, 5.41) is 3.66. The molecule has 158 valence electrons. The Balaban J connectivity index is 1.77. The van der Waals surface area contributed by atoms with Gasteiger partial charge in [0.15, 0.2) is 16.6 Å². The van der Waals surface area contributed by atoms with Gasteiger partial charge < -0.3 is 19.7 Å². The number of benzene rings is 2. The smallest absolute Gasteiger partial charge is 0.251 e. The third kappa shape index (κ3) is 4.66. The van der Waals surface area contributed by atoms with Crippen LogP contribution in [0.5, 0.6) is 11.5 Å². The van der Waals surface area contributed by atoms with E-state index < -0.39 is 6.04 Å². The summed E-state index contributed by atoms with van der Waals surface area (Å²) in [6.07, 6.45) is -0.0386. The number of hydrogen-bond acceptors (Lipinski definition) is 5. The van der Waals surface area contributed by atoms with E-state index in [4.69, 9.17) is 33.3 Å². The van der Waals surface area contributed by atoms with Gasteiger partial charge in [0, 0.05) is 24.3 Å². The summed E-state index contributed by atoms with van der Waals surface area (Å²) in [5.74, 6) is 0.665. The number of carbonyl (C=O) groups excluding carboxylic acids is 2. The van der Waals surface area contributed by atoms with Gasteiger partial charge in [0.05, 0.1) is 20.6 Å². The lowest BCUT2D eigenvalue weighted by Crippen LogP contribution is -2.37. The second kappa shape index (κ2) is 9.32. The summed E-state index contributed by atoms with van der Waals surface area (Å²) in [5.41, 5.74) is 1.44. The molecule has 2 aromatic carbocycles. The van der Waals surface area contributed by atoms with Gasteiger partial charge >= 0.3 is 0 Å². The number of thiocarbonyl (C=S) groups is 1. The number of anilines is 1. The summed E-state index contributed by atoms with van der Waals surface area (Å²) >= 11 is 11.4. The molecule has 9 heteroatoms. The average Bonchev–Trinajstić information content (AvgIpc) is 2.92. The summed E-state index contributed by atoms with van der Waals surface area (Å²) < 4.78 is 10.6. The largest absolute Gasteiger partial charge is 0.493 e. The number of amides is 2. The van der Waals surface area contributed by atoms with Crippen molar-refractivity contribution in [2.45, 2.75) is 19.0 Å². The monoisotopic (exact) mass is 447 g/mol. The highest BCUT2D eigenvalue weighted by molar-refractivity contribution is 7.80. The van der Waals surface area contributed by atoms with Gasteiger partial charge in [0.25, 0.3) is 5.91 Å². The van der Waals surface area contributed by atoms with Crippen molar-refractivity contribution in [3.8, 4) is 11.5 Å². The minimum absolute atomic E-state index is 0.0386. The first-order chi connectivity index (χ1) is 14.3. The Morgan fingerprint density at radius 3 is 2.57 bits per heavy atom. The molecule has 2 amide bonds. The van der Waals surface area contributed by atoms with Crippen molar-refractivity contribution in [1.82, 2.24) is 9.80 Å². The molecular formula is C21H22ClN3O4S. The van der Waals surface area contributed by atoms with Crippen molar-refractivity contribution in [2.24, 2.45) is 0 Å². The van der Waals surface area contributed by atoms with Crippen molar-refractivity contribution < 1.29 is 19.1 Å². The Morgan fingerprint density at radius 1 is 1.17 bits per heavy atom. The normalized spacial score (nSPS) is 16.1. The molecule has 0 radical (unpaired) electrons. The minimum Gasteiger partial charge on any atom is -0.493 e. The van der Waals surface area contributed by atoms with Gasteiger partial charge in [-0.2, -0.15) is 0 Å². The van der Waals surface area contributed by atoms with E-state index in [1.807, 2.05) is 12.1 Å². The fraction of sp³-hybridized carbons (Fsp3) is 0.286. The number of carbonyl (C=O) groups is 2. The minimum atomic E-state index is -0.699.